The van der Waals surface area contributed by atoms with E-state index in [0.717, 1.165) is 51.3 Å². The fraction of sp³-hybridized carbons (Fsp3) is 0.667. The molecule has 1 aromatic rings. The van der Waals surface area contributed by atoms with Crippen LogP contribution in [0.5, 0.6) is 0 Å². The van der Waals surface area contributed by atoms with Crippen LogP contribution >= 0.6 is 0 Å². The van der Waals surface area contributed by atoms with Gasteiger partial charge in [0.05, 0.1) is 11.5 Å². The Morgan fingerprint density at radius 3 is 2.24 bits per heavy atom. The van der Waals surface area contributed by atoms with Crippen molar-refractivity contribution in [1.82, 2.24) is 20.0 Å². The number of carbonyl (C=O) groups excluding carboxylic acids is 1. The second-order valence-electron chi connectivity index (χ2n) is 7.92. The Labute approximate surface area is 175 Å². The molecule has 2 heterocycles. The van der Waals surface area contributed by atoms with E-state index in [1.165, 1.54) is 0 Å². The normalized spacial score (nSPS) is 22.2. The van der Waals surface area contributed by atoms with Gasteiger partial charge in [-0.2, -0.15) is 0 Å². The first-order chi connectivity index (χ1) is 14.0. The van der Waals surface area contributed by atoms with E-state index in [1.54, 1.807) is 0 Å². The molecule has 2 fully saturated rings. The summed E-state index contributed by atoms with van der Waals surface area (Å²) >= 11 is 0. The van der Waals surface area contributed by atoms with Crippen molar-refractivity contribution in [3.63, 3.8) is 0 Å². The first-order valence-electron chi connectivity index (χ1n) is 10.7. The van der Waals surface area contributed by atoms with Crippen LogP contribution in [0.25, 0.3) is 0 Å². The topological polar surface area (TPSA) is 73.0 Å². The molecule has 0 radical (unpaired) electrons. The molecular weight excluding hydrogens is 388 g/mol. The summed E-state index contributed by atoms with van der Waals surface area (Å²) in [5.41, 5.74) is 0.917. The molecule has 2 aliphatic rings. The van der Waals surface area contributed by atoms with Crippen LogP contribution in [0, 0.1) is 0 Å². The number of piperazine rings is 1. The monoisotopic (exact) mass is 422 g/mol. The van der Waals surface area contributed by atoms with Crippen LogP contribution in [0.1, 0.15) is 24.9 Å². The van der Waals surface area contributed by atoms with Gasteiger partial charge < -0.3 is 15.1 Å². The van der Waals surface area contributed by atoms with Gasteiger partial charge in [0.15, 0.2) is 9.84 Å². The zero-order valence-electron chi connectivity index (χ0n) is 17.4. The van der Waals surface area contributed by atoms with E-state index in [0.29, 0.717) is 19.6 Å². The summed E-state index contributed by atoms with van der Waals surface area (Å²) < 4.78 is 23.6. The van der Waals surface area contributed by atoms with E-state index >= 15 is 0 Å². The molecule has 0 bridgehead atoms. The Morgan fingerprint density at radius 2 is 1.62 bits per heavy atom. The predicted molar refractivity (Wildman–Crippen MR) is 116 cm³/mol. The van der Waals surface area contributed by atoms with Gasteiger partial charge in [-0.15, -0.1) is 0 Å². The number of amides is 1. The quantitative estimate of drug-likeness (QED) is 0.619. The van der Waals surface area contributed by atoms with Crippen LogP contribution in [0.4, 0.5) is 0 Å². The molecule has 1 unspecified atom stereocenters. The molecule has 0 aromatic heterocycles. The van der Waals surface area contributed by atoms with E-state index in [4.69, 9.17) is 0 Å². The van der Waals surface area contributed by atoms with Crippen LogP contribution in [0.3, 0.4) is 0 Å². The summed E-state index contributed by atoms with van der Waals surface area (Å²) in [6, 6.07) is 9.23. The predicted octanol–water partition coefficient (Wildman–Crippen LogP) is 0.602. The molecule has 8 heteroatoms. The third kappa shape index (κ3) is 6.50. The molecule has 1 aromatic carbocycles. The van der Waals surface area contributed by atoms with Crippen LogP contribution in [-0.4, -0.2) is 99.4 Å². The highest BCUT2D eigenvalue weighted by atomic mass is 32.2. The third-order valence-corrected chi connectivity index (χ3v) is 7.58. The summed E-state index contributed by atoms with van der Waals surface area (Å²) in [5, 5.41) is 3.09. The summed E-state index contributed by atoms with van der Waals surface area (Å²) in [6.07, 6.45) is 0.924. The molecule has 3 rings (SSSR count). The largest absolute Gasteiger partial charge is 0.354 e. The molecule has 2 aliphatic heterocycles. The highest BCUT2D eigenvalue weighted by molar-refractivity contribution is 7.91. The second kappa shape index (κ2) is 10.5. The third-order valence-electron chi connectivity index (χ3n) is 5.97. The van der Waals surface area contributed by atoms with Crippen molar-refractivity contribution in [2.24, 2.45) is 0 Å². The molecule has 1 N–H and O–H groups in total. The van der Waals surface area contributed by atoms with Gasteiger partial charge in [-0.3, -0.25) is 9.69 Å². The van der Waals surface area contributed by atoms with Crippen molar-refractivity contribution >= 4 is 15.7 Å². The first-order valence-corrected chi connectivity index (χ1v) is 12.5. The smallest absolute Gasteiger partial charge is 0.241 e. The fourth-order valence-corrected chi connectivity index (χ4v) is 5.32. The lowest BCUT2D eigenvalue weighted by molar-refractivity contribution is -0.126. The van der Waals surface area contributed by atoms with E-state index < -0.39 is 15.9 Å². The maximum atomic E-state index is 13.0. The molecule has 162 valence electrons. The maximum absolute atomic E-state index is 13.0. The molecule has 2 saturated heterocycles. The van der Waals surface area contributed by atoms with Gasteiger partial charge in [0.25, 0.3) is 0 Å². The number of nitrogens with zero attached hydrogens (tertiary/aromatic N) is 3. The van der Waals surface area contributed by atoms with Crippen molar-refractivity contribution in [2.45, 2.75) is 19.4 Å². The second-order valence-corrected chi connectivity index (χ2v) is 10.2. The van der Waals surface area contributed by atoms with E-state index in [-0.39, 0.29) is 17.4 Å². The van der Waals surface area contributed by atoms with Crippen LogP contribution in [0.2, 0.25) is 0 Å². The number of likely N-dealkylation sites (N-methyl/N-ethyl adjacent to an activating group) is 1. The highest BCUT2D eigenvalue weighted by Gasteiger charge is 2.32. The Kier molecular flexibility index (Phi) is 8.06. The average molecular weight is 423 g/mol. The summed E-state index contributed by atoms with van der Waals surface area (Å²) in [6.45, 7) is 10.2. The first kappa shape index (κ1) is 22.2. The van der Waals surface area contributed by atoms with E-state index in [1.807, 2.05) is 35.2 Å². The minimum atomic E-state index is -2.98. The number of nitrogens with one attached hydrogen (secondary N) is 1. The lowest BCUT2D eigenvalue weighted by Gasteiger charge is -2.34. The number of benzene rings is 1. The number of hydrogen-bond donors (Lipinski definition) is 1. The molecule has 1 amide bonds. The van der Waals surface area contributed by atoms with Gasteiger partial charge in [-0.05, 0) is 25.1 Å². The van der Waals surface area contributed by atoms with Gasteiger partial charge in [0.2, 0.25) is 5.91 Å². The molecule has 1 atom stereocenters. The lowest BCUT2D eigenvalue weighted by atomic mass is 10.0. The van der Waals surface area contributed by atoms with Crippen LogP contribution in [0.15, 0.2) is 30.3 Å². The lowest BCUT2D eigenvalue weighted by Crippen LogP contribution is -2.48. The molecule has 0 spiro atoms. The number of rotatable bonds is 8. The minimum absolute atomic E-state index is 0.0358. The average Bonchev–Trinajstić information content (AvgIpc) is 2.74. The van der Waals surface area contributed by atoms with Crippen molar-refractivity contribution < 1.29 is 13.2 Å². The zero-order chi connectivity index (χ0) is 20.7. The Hall–Kier alpha value is -1.48. The molecular formula is C21H34N4O3S. The highest BCUT2D eigenvalue weighted by Crippen LogP contribution is 2.23. The molecule has 0 saturated carbocycles. The van der Waals surface area contributed by atoms with Crippen molar-refractivity contribution in [3.8, 4) is 0 Å². The minimum Gasteiger partial charge on any atom is -0.354 e. The van der Waals surface area contributed by atoms with Gasteiger partial charge in [-0.1, -0.05) is 37.3 Å². The SMILES string of the molecule is CCN1CCN(CCCNC(=O)C(c2ccccc2)N2CCS(=O)(=O)CC2)CC1. The molecule has 7 nitrogen and oxygen atoms in total. The standard InChI is InChI=1S/C21H34N4O3S/c1-2-23-11-13-24(14-12-23)10-6-9-22-21(26)20(19-7-4-3-5-8-19)25-15-17-29(27,28)18-16-25/h3-5,7-8,20H,2,6,9-18H2,1H3,(H,22,26). The number of hydrogen-bond acceptors (Lipinski definition) is 6. The van der Waals surface area contributed by atoms with E-state index in [2.05, 4.69) is 22.0 Å². The van der Waals surface area contributed by atoms with Gasteiger partial charge >= 0.3 is 0 Å². The zero-order valence-corrected chi connectivity index (χ0v) is 18.2. The maximum Gasteiger partial charge on any atom is 0.241 e. The fourth-order valence-electron chi connectivity index (χ4n) is 4.09. The Bertz CT molecular complexity index is 734. The summed E-state index contributed by atoms with van der Waals surface area (Å²) in [5.74, 6) is 0.201. The van der Waals surface area contributed by atoms with Gasteiger partial charge in [0.1, 0.15) is 6.04 Å². The van der Waals surface area contributed by atoms with E-state index in [9.17, 15) is 13.2 Å². The van der Waals surface area contributed by atoms with Crippen molar-refractivity contribution in [2.75, 3.05) is 70.4 Å². The van der Waals surface area contributed by atoms with Crippen molar-refractivity contribution in [1.29, 1.82) is 0 Å². The Balaban J connectivity index is 1.51. The van der Waals surface area contributed by atoms with Crippen LogP contribution in [-0.2, 0) is 14.6 Å². The molecule has 29 heavy (non-hydrogen) atoms. The van der Waals surface area contributed by atoms with Crippen molar-refractivity contribution in [3.05, 3.63) is 35.9 Å². The number of carbonyl (C=O) groups is 1. The van der Waals surface area contributed by atoms with Crippen LogP contribution < -0.4 is 5.32 Å². The summed E-state index contributed by atoms with van der Waals surface area (Å²) in [7, 11) is -2.98. The number of sulfone groups is 1. The van der Waals surface area contributed by atoms with Gasteiger partial charge in [-0.25, -0.2) is 8.42 Å². The Morgan fingerprint density at radius 1 is 1.00 bits per heavy atom. The van der Waals surface area contributed by atoms with Gasteiger partial charge in [0, 0.05) is 45.8 Å². The molecule has 0 aliphatic carbocycles. The summed E-state index contributed by atoms with van der Waals surface area (Å²) in [4.78, 5) is 19.9.